The second-order valence-corrected chi connectivity index (χ2v) is 7.62. The summed E-state index contributed by atoms with van der Waals surface area (Å²) in [4.78, 5) is 4.77. The number of nitrogens with zero attached hydrogens (tertiary/aromatic N) is 1. The molecule has 0 heterocycles. The van der Waals surface area contributed by atoms with E-state index in [0.29, 0.717) is 0 Å². The lowest BCUT2D eigenvalue weighted by Crippen LogP contribution is -2.37. The molecule has 0 aromatic heterocycles. The third-order valence-corrected chi connectivity index (χ3v) is 5.83. The van der Waals surface area contributed by atoms with Gasteiger partial charge in [-0.25, -0.2) is 0 Å². The summed E-state index contributed by atoms with van der Waals surface area (Å²) in [5.41, 5.74) is 5.27. The van der Waals surface area contributed by atoms with Crippen molar-refractivity contribution in [2.45, 2.75) is 78.1 Å². The number of rotatable bonds is 11. The second-order valence-electron chi connectivity index (χ2n) is 7.24. The van der Waals surface area contributed by atoms with Crippen molar-refractivity contribution in [2.75, 3.05) is 12.9 Å². The molecule has 2 aromatic carbocycles. The molecule has 0 aliphatic rings. The highest BCUT2D eigenvalue weighted by Gasteiger charge is 2.37. The molecule has 29 heavy (non-hydrogen) atoms. The summed E-state index contributed by atoms with van der Waals surface area (Å²) in [5, 5.41) is 0. The summed E-state index contributed by atoms with van der Waals surface area (Å²) < 4.78 is 0. The zero-order chi connectivity index (χ0) is 21.5. The zero-order valence-electron chi connectivity index (χ0n) is 19.2. The van der Waals surface area contributed by atoms with Crippen molar-refractivity contribution in [1.29, 1.82) is 0 Å². The second kappa shape index (κ2) is 14.4. The fraction of sp³-hybridized carbons (Fsp3) is 0.519. The van der Waals surface area contributed by atoms with Crippen molar-refractivity contribution in [3.05, 3.63) is 71.3 Å². The van der Waals surface area contributed by atoms with Gasteiger partial charge in [-0.05, 0) is 48.8 Å². The lowest BCUT2D eigenvalue weighted by Gasteiger charge is -2.37. The van der Waals surface area contributed by atoms with E-state index in [9.17, 15) is 0 Å². The van der Waals surface area contributed by atoms with Gasteiger partial charge in [0.2, 0.25) is 0 Å². The molecule has 2 aromatic rings. The fourth-order valence-electron chi connectivity index (χ4n) is 4.13. The largest absolute Gasteiger partial charge is 0.296 e. The highest BCUT2D eigenvalue weighted by Crippen LogP contribution is 2.40. The first-order chi connectivity index (χ1) is 14.2. The Bertz CT molecular complexity index is 690. The average molecular weight is 414 g/mol. The van der Waals surface area contributed by atoms with Crippen molar-refractivity contribution >= 4 is 17.3 Å². The van der Waals surface area contributed by atoms with Crippen LogP contribution in [0.5, 0.6) is 0 Å². The molecule has 0 amide bonds. The van der Waals surface area contributed by atoms with E-state index in [-0.39, 0.29) is 5.41 Å². The van der Waals surface area contributed by atoms with E-state index in [2.05, 4.69) is 68.4 Å². The van der Waals surface area contributed by atoms with Crippen LogP contribution in [-0.4, -0.2) is 18.6 Å². The van der Waals surface area contributed by atoms with Gasteiger partial charge < -0.3 is 0 Å². The smallest absolute Gasteiger partial charge is 0.0579 e. The van der Waals surface area contributed by atoms with Gasteiger partial charge in [-0.3, -0.25) is 4.99 Å². The van der Waals surface area contributed by atoms with Crippen LogP contribution < -0.4 is 0 Å². The number of aliphatic imine (C=N–C) groups is 1. The van der Waals surface area contributed by atoms with Crippen LogP contribution in [0, 0.1) is 0 Å². The van der Waals surface area contributed by atoms with Gasteiger partial charge >= 0.3 is 0 Å². The quantitative estimate of drug-likeness (QED) is 0.200. The monoisotopic (exact) mass is 413 g/mol. The lowest BCUT2D eigenvalue weighted by atomic mass is 9.67. The van der Waals surface area contributed by atoms with Crippen molar-refractivity contribution in [2.24, 2.45) is 4.99 Å². The maximum absolute atomic E-state index is 5.82. The molecule has 160 valence electrons. The Labute approximate surface area is 184 Å². The standard InChI is InChI=1S/C25H34ClN.C2H6/c1-4-6-19-25(24(5-2)27-3,22-13-8-7-9-14-22)23-17-15-21(16-18-23)12-10-11-20-26;1-2/h7-9,13-18H,4-6,10-12,19-20H2,1-3H3;1-2H3. The molecule has 0 fully saturated rings. The molecule has 0 N–H and O–H groups in total. The Morgan fingerprint density at radius 3 is 2.00 bits per heavy atom. The summed E-state index contributed by atoms with van der Waals surface area (Å²) in [6.07, 6.45) is 7.77. The predicted octanol–water partition coefficient (Wildman–Crippen LogP) is 8.23. The molecule has 0 bridgehead atoms. The van der Waals surface area contributed by atoms with E-state index in [1.807, 2.05) is 20.9 Å². The molecule has 0 aliphatic carbocycles. The summed E-state index contributed by atoms with van der Waals surface area (Å²) in [6.45, 7) is 8.50. The first kappa shape index (κ1) is 25.4. The average Bonchev–Trinajstić information content (AvgIpc) is 2.79. The molecule has 1 unspecified atom stereocenters. The van der Waals surface area contributed by atoms with Crippen molar-refractivity contribution < 1.29 is 0 Å². The SMILES string of the molecule is CC.CCCCC(C(CC)=NC)(c1ccccc1)c1ccc(CCCCCl)cc1. The maximum Gasteiger partial charge on any atom is 0.0579 e. The number of halogens is 1. The zero-order valence-corrected chi connectivity index (χ0v) is 19.9. The fourth-order valence-corrected chi connectivity index (χ4v) is 4.32. The lowest BCUT2D eigenvalue weighted by molar-refractivity contribution is 0.566. The van der Waals surface area contributed by atoms with Crippen LogP contribution in [0.3, 0.4) is 0 Å². The van der Waals surface area contributed by atoms with Gasteiger partial charge in [-0.2, -0.15) is 0 Å². The van der Waals surface area contributed by atoms with Crippen LogP contribution in [0.15, 0.2) is 59.6 Å². The highest BCUT2D eigenvalue weighted by molar-refractivity contribution is 6.17. The Morgan fingerprint density at radius 2 is 1.48 bits per heavy atom. The first-order valence-electron chi connectivity index (χ1n) is 11.4. The van der Waals surface area contributed by atoms with Gasteiger partial charge in [-0.1, -0.05) is 95.1 Å². The van der Waals surface area contributed by atoms with E-state index < -0.39 is 0 Å². The molecular formula is C27H40ClN. The van der Waals surface area contributed by atoms with Crippen molar-refractivity contribution in [3.8, 4) is 0 Å². The molecule has 2 heteroatoms. The Kier molecular flexibility index (Phi) is 12.6. The number of unbranched alkanes of at least 4 members (excludes halogenated alkanes) is 2. The molecule has 0 saturated heterocycles. The molecule has 0 spiro atoms. The predicted molar refractivity (Wildman–Crippen MR) is 132 cm³/mol. The van der Waals surface area contributed by atoms with Crippen LogP contribution in [0.2, 0.25) is 0 Å². The minimum Gasteiger partial charge on any atom is -0.296 e. The molecule has 1 atom stereocenters. The van der Waals surface area contributed by atoms with Crippen molar-refractivity contribution in [1.82, 2.24) is 0 Å². The first-order valence-corrected chi connectivity index (χ1v) is 11.9. The number of hydrogen-bond donors (Lipinski definition) is 0. The maximum atomic E-state index is 5.82. The van der Waals surface area contributed by atoms with Crippen LogP contribution in [-0.2, 0) is 11.8 Å². The van der Waals surface area contributed by atoms with Gasteiger partial charge in [0.25, 0.3) is 0 Å². The minimum atomic E-state index is -0.130. The Hall–Kier alpha value is -1.60. The normalized spacial score (nSPS) is 13.4. The topological polar surface area (TPSA) is 12.4 Å². The van der Waals surface area contributed by atoms with E-state index in [0.717, 1.165) is 38.0 Å². The van der Waals surface area contributed by atoms with E-state index in [4.69, 9.17) is 16.6 Å². The molecular weight excluding hydrogens is 374 g/mol. The highest BCUT2D eigenvalue weighted by atomic mass is 35.5. The summed E-state index contributed by atoms with van der Waals surface area (Å²) in [5.74, 6) is 0.749. The number of hydrogen-bond acceptors (Lipinski definition) is 1. The molecule has 0 saturated carbocycles. The Balaban J connectivity index is 0.00000204. The van der Waals surface area contributed by atoms with Crippen LogP contribution in [0.4, 0.5) is 0 Å². The van der Waals surface area contributed by atoms with Gasteiger partial charge in [0, 0.05) is 18.6 Å². The minimum absolute atomic E-state index is 0.130. The van der Waals surface area contributed by atoms with E-state index in [1.54, 1.807) is 0 Å². The summed E-state index contributed by atoms with van der Waals surface area (Å²) in [7, 11) is 1.95. The van der Waals surface area contributed by atoms with Crippen LogP contribution >= 0.6 is 11.6 Å². The van der Waals surface area contributed by atoms with Gasteiger partial charge in [-0.15, -0.1) is 11.6 Å². The van der Waals surface area contributed by atoms with Gasteiger partial charge in [0.1, 0.15) is 0 Å². The Morgan fingerprint density at radius 1 is 0.862 bits per heavy atom. The summed E-state index contributed by atoms with van der Waals surface area (Å²) in [6, 6.07) is 20.2. The van der Waals surface area contributed by atoms with E-state index in [1.165, 1.54) is 35.2 Å². The number of aryl methyl sites for hydroxylation is 1. The summed E-state index contributed by atoms with van der Waals surface area (Å²) >= 11 is 5.82. The third kappa shape index (κ3) is 6.71. The molecule has 1 nitrogen and oxygen atoms in total. The van der Waals surface area contributed by atoms with Crippen LogP contribution in [0.25, 0.3) is 0 Å². The van der Waals surface area contributed by atoms with Gasteiger partial charge in [0.05, 0.1) is 5.41 Å². The number of benzene rings is 2. The van der Waals surface area contributed by atoms with Gasteiger partial charge in [0.15, 0.2) is 0 Å². The van der Waals surface area contributed by atoms with Crippen molar-refractivity contribution in [3.63, 3.8) is 0 Å². The molecule has 0 radical (unpaired) electrons. The molecule has 2 rings (SSSR count). The van der Waals surface area contributed by atoms with Crippen LogP contribution in [0.1, 0.15) is 82.9 Å². The molecule has 0 aliphatic heterocycles. The van der Waals surface area contributed by atoms with E-state index >= 15 is 0 Å². The third-order valence-electron chi connectivity index (χ3n) is 5.57. The number of alkyl halides is 1.